The van der Waals surface area contributed by atoms with Crippen LogP contribution in [0.3, 0.4) is 0 Å². The summed E-state index contributed by atoms with van der Waals surface area (Å²) in [5.74, 6) is -0.782. The third-order valence-electron chi connectivity index (χ3n) is 3.94. The molecule has 0 aromatic heterocycles. The smallest absolute Gasteiger partial charge is 0.239 e. The molecule has 9 heteroatoms. The lowest BCUT2D eigenvalue weighted by atomic mass is 10.1. The van der Waals surface area contributed by atoms with Gasteiger partial charge in [0.25, 0.3) is 0 Å². The molecule has 1 amide bonds. The minimum absolute atomic E-state index is 0. The first-order chi connectivity index (χ1) is 12.2. The van der Waals surface area contributed by atoms with Crippen molar-refractivity contribution in [2.45, 2.75) is 38.8 Å². The highest BCUT2D eigenvalue weighted by Gasteiger charge is 2.27. The monoisotopic (exact) mass is 495 g/mol. The number of carbonyl (C=O) groups excluding carboxylic acids is 1. The minimum Gasteiger partial charge on any atom is -0.365 e. The summed E-state index contributed by atoms with van der Waals surface area (Å²) in [7, 11) is 1.61. The van der Waals surface area contributed by atoms with E-state index >= 15 is 0 Å². The average molecular weight is 495 g/mol. The largest absolute Gasteiger partial charge is 0.365 e. The van der Waals surface area contributed by atoms with E-state index in [4.69, 9.17) is 0 Å². The first-order valence-corrected chi connectivity index (χ1v) is 8.67. The van der Waals surface area contributed by atoms with Gasteiger partial charge in [-0.25, -0.2) is 8.78 Å². The van der Waals surface area contributed by atoms with Crippen molar-refractivity contribution in [2.24, 2.45) is 4.99 Å². The molecule has 152 valence electrons. The Labute approximate surface area is 176 Å². The van der Waals surface area contributed by atoms with Gasteiger partial charge in [0.15, 0.2) is 5.96 Å². The fraction of sp³-hybridized carbons (Fsp3) is 0.556. The quantitative estimate of drug-likeness (QED) is 0.341. The van der Waals surface area contributed by atoms with Gasteiger partial charge in [-0.1, -0.05) is 6.07 Å². The van der Waals surface area contributed by atoms with Crippen LogP contribution in [0.4, 0.5) is 14.5 Å². The van der Waals surface area contributed by atoms with Crippen molar-refractivity contribution < 1.29 is 13.6 Å². The van der Waals surface area contributed by atoms with Crippen molar-refractivity contribution in [3.63, 3.8) is 0 Å². The van der Waals surface area contributed by atoms with Crippen LogP contribution < -0.4 is 20.9 Å². The van der Waals surface area contributed by atoms with Crippen molar-refractivity contribution in [3.05, 3.63) is 29.8 Å². The van der Waals surface area contributed by atoms with E-state index < -0.39 is 11.6 Å². The number of nitrogens with zero attached hydrogens (tertiary/aromatic N) is 2. The Kier molecular flexibility index (Phi) is 8.70. The van der Waals surface area contributed by atoms with Crippen LogP contribution in [0.15, 0.2) is 23.2 Å². The van der Waals surface area contributed by atoms with E-state index in [1.165, 1.54) is 18.2 Å². The SMILES string of the molecule is CN=C(NCC(=O)NC(C)(C)C)NC1CCN(c2c(F)cccc2F)C1.I. The van der Waals surface area contributed by atoms with Crippen LogP contribution >= 0.6 is 24.0 Å². The molecule has 1 heterocycles. The topological polar surface area (TPSA) is 68.8 Å². The van der Waals surface area contributed by atoms with Crippen molar-refractivity contribution in [1.82, 2.24) is 16.0 Å². The van der Waals surface area contributed by atoms with E-state index in [9.17, 15) is 13.6 Å². The average Bonchev–Trinajstić information content (AvgIpc) is 2.97. The van der Waals surface area contributed by atoms with Gasteiger partial charge in [0.05, 0.1) is 6.54 Å². The number of halogens is 3. The maximum absolute atomic E-state index is 13.9. The lowest BCUT2D eigenvalue weighted by molar-refractivity contribution is -0.121. The molecule has 1 fully saturated rings. The van der Waals surface area contributed by atoms with Crippen LogP contribution in [0.25, 0.3) is 0 Å². The summed E-state index contributed by atoms with van der Waals surface area (Å²) in [6.45, 7) is 6.81. The summed E-state index contributed by atoms with van der Waals surface area (Å²) in [5, 5.41) is 9.01. The zero-order chi connectivity index (χ0) is 19.3. The highest BCUT2D eigenvalue weighted by molar-refractivity contribution is 14.0. The van der Waals surface area contributed by atoms with E-state index in [0.717, 1.165) is 0 Å². The maximum Gasteiger partial charge on any atom is 0.239 e. The Morgan fingerprint density at radius 2 is 1.93 bits per heavy atom. The fourth-order valence-corrected chi connectivity index (χ4v) is 2.89. The molecule has 1 atom stereocenters. The van der Waals surface area contributed by atoms with Crippen LogP contribution in [-0.2, 0) is 4.79 Å². The summed E-state index contributed by atoms with van der Waals surface area (Å²) >= 11 is 0. The van der Waals surface area contributed by atoms with Crippen LogP contribution in [0, 0.1) is 11.6 Å². The summed E-state index contributed by atoms with van der Waals surface area (Å²) in [4.78, 5) is 17.7. The highest BCUT2D eigenvalue weighted by atomic mass is 127. The Balaban J connectivity index is 0.00000364. The molecule has 0 saturated carbocycles. The first-order valence-electron chi connectivity index (χ1n) is 8.67. The molecule has 3 N–H and O–H groups in total. The number of anilines is 1. The summed E-state index contributed by atoms with van der Waals surface area (Å²) < 4.78 is 27.8. The predicted octanol–water partition coefficient (Wildman–Crippen LogP) is 2.24. The number of rotatable bonds is 4. The third-order valence-corrected chi connectivity index (χ3v) is 3.94. The van der Waals surface area contributed by atoms with Crippen molar-refractivity contribution in [2.75, 3.05) is 31.6 Å². The lowest BCUT2D eigenvalue weighted by Crippen LogP contribution is -2.50. The van der Waals surface area contributed by atoms with Crippen LogP contribution in [0.1, 0.15) is 27.2 Å². The van der Waals surface area contributed by atoms with Gasteiger partial charge in [-0.15, -0.1) is 24.0 Å². The summed E-state index contributed by atoms with van der Waals surface area (Å²) in [5.41, 5.74) is -0.296. The van der Waals surface area contributed by atoms with Gasteiger partial charge >= 0.3 is 0 Å². The number of nitrogens with one attached hydrogen (secondary N) is 3. The summed E-state index contributed by atoms with van der Waals surface area (Å²) in [6.07, 6.45) is 0.711. The third kappa shape index (κ3) is 7.11. The highest BCUT2D eigenvalue weighted by Crippen LogP contribution is 2.26. The van der Waals surface area contributed by atoms with E-state index in [0.29, 0.717) is 25.5 Å². The van der Waals surface area contributed by atoms with Crippen LogP contribution in [-0.4, -0.2) is 50.1 Å². The molecule has 1 unspecified atom stereocenters. The van der Waals surface area contributed by atoms with Gasteiger partial charge in [-0.3, -0.25) is 9.79 Å². The Morgan fingerprint density at radius 3 is 2.48 bits per heavy atom. The van der Waals surface area contributed by atoms with Gasteiger partial charge in [0.1, 0.15) is 17.3 Å². The molecule has 2 rings (SSSR count). The lowest BCUT2D eigenvalue weighted by Gasteiger charge is -2.22. The molecule has 0 bridgehead atoms. The van der Waals surface area contributed by atoms with Crippen LogP contribution in [0.2, 0.25) is 0 Å². The van der Waals surface area contributed by atoms with Gasteiger partial charge in [-0.05, 0) is 39.3 Å². The van der Waals surface area contributed by atoms with E-state index in [2.05, 4.69) is 20.9 Å². The zero-order valence-electron chi connectivity index (χ0n) is 16.1. The number of benzene rings is 1. The molecular formula is C18H28F2IN5O. The fourth-order valence-electron chi connectivity index (χ4n) is 2.89. The van der Waals surface area contributed by atoms with E-state index in [-0.39, 0.29) is 53.7 Å². The normalized spacial score (nSPS) is 17.3. The standard InChI is InChI=1S/C18H27F2N5O.HI/c1-18(2,3)24-15(26)10-22-17(21-4)23-12-8-9-25(11-12)16-13(19)6-5-7-14(16)20;/h5-7,12H,8-11H2,1-4H3,(H,24,26)(H2,21,22,23);1H. The number of guanidine groups is 1. The Morgan fingerprint density at radius 1 is 1.30 bits per heavy atom. The number of amides is 1. The number of carbonyl (C=O) groups is 1. The molecule has 0 radical (unpaired) electrons. The molecule has 0 aliphatic carbocycles. The summed E-state index contributed by atoms with van der Waals surface area (Å²) in [6, 6.07) is 3.85. The molecule has 6 nitrogen and oxygen atoms in total. The second kappa shape index (κ2) is 10.0. The number of hydrogen-bond donors (Lipinski definition) is 3. The second-order valence-corrected chi connectivity index (χ2v) is 7.37. The first kappa shape index (κ1) is 23.4. The van der Waals surface area contributed by atoms with Crippen molar-refractivity contribution in [1.29, 1.82) is 0 Å². The van der Waals surface area contributed by atoms with Crippen molar-refractivity contribution in [3.8, 4) is 0 Å². The van der Waals surface area contributed by atoms with Crippen LogP contribution in [0.5, 0.6) is 0 Å². The number of aliphatic imine (C=N–C) groups is 1. The number of hydrogen-bond acceptors (Lipinski definition) is 3. The molecule has 1 saturated heterocycles. The Bertz CT molecular complexity index is 658. The van der Waals surface area contributed by atoms with Gasteiger partial charge in [0, 0.05) is 31.7 Å². The molecule has 1 aliphatic heterocycles. The van der Waals surface area contributed by atoms with E-state index in [1.54, 1.807) is 11.9 Å². The maximum atomic E-state index is 13.9. The molecule has 27 heavy (non-hydrogen) atoms. The second-order valence-electron chi connectivity index (χ2n) is 7.37. The van der Waals surface area contributed by atoms with Gasteiger partial charge < -0.3 is 20.9 Å². The zero-order valence-corrected chi connectivity index (χ0v) is 18.4. The molecular weight excluding hydrogens is 467 g/mol. The molecule has 0 spiro atoms. The van der Waals surface area contributed by atoms with Gasteiger partial charge in [-0.2, -0.15) is 0 Å². The minimum atomic E-state index is -0.563. The molecule has 1 aromatic rings. The molecule has 1 aliphatic rings. The van der Waals surface area contributed by atoms with Crippen molar-refractivity contribution >= 4 is 41.5 Å². The predicted molar refractivity (Wildman–Crippen MR) is 115 cm³/mol. The van der Waals surface area contributed by atoms with Gasteiger partial charge in [0.2, 0.25) is 5.91 Å². The Hall–Kier alpha value is -1.65. The number of para-hydroxylation sites is 1. The van der Waals surface area contributed by atoms with E-state index in [1.807, 2.05) is 20.8 Å². The molecule has 1 aromatic carbocycles.